The highest BCUT2D eigenvalue weighted by molar-refractivity contribution is 7.99. The summed E-state index contributed by atoms with van der Waals surface area (Å²) in [6, 6.07) is 5.38. The van der Waals surface area contributed by atoms with Crippen LogP contribution in [0.25, 0.3) is 0 Å². The standard InChI is InChI=1S/C12H15F3N2O2S/c13-12(14,15)19-9-3-1-2-8(6-9)11(17-16)10-7-20-5-4-18-10/h1-3,6,10-11,17H,4-5,7,16H2. The van der Waals surface area contributed by atoms with Gasteiger partial charge in [-0.05, 0) is 17.7 Å². The maximum absolute atomic E-state index is 12.2. The molecule has 0 aromatic heterocycles. The smallest absolute Gasteiger partial charge is 0.406 e. The van der Waals surface area contributed by atoms with E-state index in [1.165, 1.54) is 18.2 Å². The Labute approximate surface area is 118 Å². The summed E-state index contributed by atoms with van der Waals surface area (Å²) in [6.07, 6.45) is -4.89. The molecule has 1 aromatic carbocycles. The van der Waals surface area contributed by atoms with Crippen molar-refractivity contribution in [1.82, 2.24) is 5.43 Å². The Balaban J connectivity index is 2.14. The predicted octanol–water partition coefficient (Wildman–Crippen LogP) is 2.22. The fraction of sp³-hybridized carbons (Fsp3) is 0.500. The topological polar surface area (TPSA) is 56.5 Å². The Kier molecular flexibility index (Phi) is 5.14. The number of halogens is 3. The number of ether oxygens (including phenoxy) is 2. The van der Waals surface area contributed by atoms with Crippen molar-refractivity contribution in [2.45, 2.75) is 18.5 Å². The molecule has 2 unspecified atom stereocenters. The van der Waals surface area contributed by atoms with E-state index in [2.05, 4.69) is 10.2 Å². The molecular weight excluding hydrogens is 293 g/mol. The van der Waals surface area contributed by atoms with Gasteiger partial charge in [-0.2, -0.15) is 11.8 Å². The number of nitrogens with two attached hydrogens (primary N) is 1. The van der Waals surface area contributed by atoms with E-state index in [-0.39, 0.29) is 17.9 Å². The molecular formula is C12H15F3N2O2S. The Hall–Kier alpha value is -0.960. The molecule has 20 heavy (non-hydrogen) atoms. The molecule has 1 heterocycles. The highest BCUT2D eigenvalue weighted by Gasteiger charge is 2.32. The van der Waals surface area contributed by atoms with Crippen LogP contribution in [-0.2, 0) is 4.74 Å². The molecule has 1 aromatic rings. The minimum absolute atomic E-state index is 0.181. The van der Waals surface area contributed by atoms with Gasteiger partial charge in [-0.25, -0.2) is 0 Å². The minimum Gasteiger partial charge on any atom is -0.406 e. The van der Waals surface area contributed by atoms with Crippen LogP contribution in [0.2, 0.25) is 0 Å². The molecule has 4 nitrogen and oxygen atoms in total. The average Bonchev–Trinajstić information content (AvgIpc) is 2.39. The lowest BCUT2D eigenvalue weighted by Gasteiger charge is -2.30. The normalized spacial score (nSPS) is 21.5. The molecule has 0 radical (unpaired) electrons. The van der Waals surface area contributed by atoms with Crippen molar-refractivity contribution in [3.8, 4) is 5.75 Å². The van der Waals surface area contributed by atoms with Crippen molar-refractivity contribution in [3.05, 3.63) is 29.8 Å². The molecule has 8 heteroatoms. The van der Waals surface area contributed by atoms with Gasteiger partial charge in [0.1, 0.15) is 5.75 Å². The van der Waals surface area contributed by atoms with E-state index in [1.54, 1.807) is 17.8 Å². The predicted molar refractivity (Wildman–Crippen MR) is 70.3 cm³/mol. The SMILES string of the molecule is NNC(c1cccc(OC(F)(F)F)c1)C1CSCCO1. The monoisotopic (exact) mass is 308 g/mol. The number of thioether (sulfide) groups is 1. The summed E-state index contributed by atoms with van der Waals surface area (Å²) in [5.41, 5.74) is 3.20. The van der Waals surface area contributed by atoms with Gasteiger partial charge in [0, 0.05) is 11.5 Å². The fourth-order valence-electron chi connectivity index (χ4n) is 2.02. The summed E-state index contributed by atoms with van der Waals surface area (Å²) in [6.45, 7) is 0.603. The van der Waals surface area contributed by atoms with Crippen LogP contribution in [0.5, 0.6) is 5.75 Å². The number of nitrogens with one attached hydrogen (secondary N) is 1. The zero-order valence-electron chi connectivity index (χ0n) is 10.5. The molecule has 1 saturated heterocycles. The second-order valence-corrected chi connectivity index (χ2v) is 5.40. The number of hydrogen-bond donors (Lipinski definition) is 2. The molecule has 0 amide bonds. The molecule has 1 aliphatic heterocycles. The van der Waals surface area contributed by atoms with Gasteiger partial charge >= 0.3 is 6.36 Å². The summed E-state index contributed by atoms with van der Waals surface area (Å²) in [5.74, 6) is 6.89. The summed E-state index contributed by atoms with van der Waals surface area (Å²) < 4.78 is 46.2. The molecule has 0 aliphatic carbocycles. The molecule has 2 rings (SSSR count). The summed E-state index contributed by atoms with van der Waals surface area (Å²) in [4.78, 5) is 0. The summed E-state index contributed by atoms with van der Waals surface area (Å²) in [5, 5.41) is 0. The van der Waals surface area contributed by atoms with Crippen molar-refractivity contribution in [2.24, 2.45) is 5.84 Å². The van der Waals surface area contributed by atoms with Gasteiger partial charge in [0.15, 0.2) is 0 Å². The summed E-state index contributed by atoms with van der Waals surface area (Å²) in [7, 11) is 0. The largest absolute Gasteiger partial charge is 0.573 e. The zero-order valence-corrected chi connectivity index (χ0v) is 11.3. The molecule has 0 bridgehead atoms. The quantitative estimate of drug-likeness (QED) is 0.660. The minimum atomic E-state index is -4.71. The molecule has 112 valence electrons. The Bertz CT molecular complexity index is 439. The maximum atomic E-state index is 12.2. The van der Waals surface area contributed by atoms with Crippen molar-refractivity contribution < 1.29 is 22.6 Å². The first-order valence-electron chi connectivity index (χ1n) is 6.01. The third-order valence-electron chi connectivity index (χ3n) is 2.84. The Morgan fingerprint density at radius 1 is 1.45 bits per heavy atom. The zero-order chi connectivity index (χ0) is 14.6. The van der Waals surface area contributed by atoms with E-state index < -0.39 is 6.36 Å². The van der Waals surface area contributed by atoms with Crippen LogP contribution in [0, 0.1) is 0 Å². The molecule has 1 aliphatic rings. The highest BCUT2D eigenvalue weighted by atomic mass is 32.2. The van der Waals surface area contributed by atoms with E-state index in [9.17, 15) is 13.2 Å². The van der Waals surface area contributed by atoms with Crippen molar-refractivity contribution >= 4 is 11.8 Å². The van der Waals surface area contributed by atoms with E-state index in [4.69, 9.17) is 10.6 Å². The van der Waals surface area contributed by atoms with Crippen LogP contribution in [-0.4, -0.2) is 30.6 Å². The van der Waals surface area contributed by atoms with E-state index in [1.807, 2.05) is 0 Å². The molecule has 1 fully saturated rings. The van der Waals surface area contributed by atoms with Gasteiger partial charge in [-0.15, -0.1) is 13.2 Å². The van der Waals surface area contributed by atoms with Crippen LogP contribution in [0.4, 0.5) is 13.2 Å². The van der Waals surface area contributed by atoms with Crippen LogP contribution in [0.1, 0.15) is 11.6 Å². The molecule has 0 spiro atoms. The van der Waals surface area contributed by atoms with E-state index in [0.29, 0.717) is 12.2 Å². The first-order valence-corrected chi connectivity index (χ1v) is 7.16. The number of benzene rings is 1. The van der Waals surface area contributed by atoms with Crippen LogP contribution < -0.4 is 16.0 Å². The number of hydrazine groups is 1. The van der Waals surface area contributed by atoms with Crippen LogP contribution >= 0.6 is 11.8 Å². The summed E-state index contributed by atoms with van der Waals surface area (Å²) >= 11 is 1.72. The van der Waals surface area contributed by atoms with Gasteiger partial charge in [-0.3, -0.25) is 11.3 Å². The van der Waals surface area contributed by atoms with E-state index >= 15 is 0 Å². The number of alkyl halides is 3. The Morgan fingerprint density at radius 3 is 2.85 bits per heavy atom. The van der Waals surface area contributed by atoms with Crippen LogP contribution in [0.15, 0.2) is 24.3 Å². The number of hydrogen-bond acceptors (Lipinski definition) is 5. The Morgan fingerprint density at radius 2 is 2.25 bits per heavy atom. The van der Waals surface area contributed by atoms with Crippen molar-refractivity contribution in [1.29, 1.82) is 0 Å². The van der Waals surface area contributed by atoms with Crippen molar-refractivity contribution in [3.63, 3.8) is 0 Å². The second kappa shape index (κ2) is 6.66. The fourth-order valence-corrected chi connectivity index (χ4v) is 2.92. The maximum Gasteiger partial charge on any atom is 0.573 e. The third-order valence-corrected chi connectivity index (χ3v) is 3.86. The lowest BCUT2D eigenvalue weighted by Crippen LogP contribution is -2.41. The molecule has 0 saturated carbocycles. The van der Waals surface area contributed by atoms with Gasteiger partial charge in [0.25, 0.3) is 0 Å². The van der Waals surface area contributed by atoms with Gasteiger partial charge in [-0.1, -0.05) is 12.1 Å². The molecule has 3 N–H and O–H groups in total. The first kappa shape index (κ1) is 15.4. The lowest BCUT2D eigenvalue weighted by molar-refractivity contribution is -0.274. The van der Waals surface area contributed by atoms with Gasteiger partial charge in [0.2, 0.25) is 0 Å². The van der Waals surface area contributed by atoms with Crippen molar-refractivity contribution in [2.75, 3.05) is 18.1 Å². The highest BCUT2D eigenvalue weighted by Crippen LogP contribution is 2.29. The third kappa shape index (κ3) is 4.27. The second-order valence-electron chi connectivity index (χ2n) is 4.25. The number of rotatable bonds is 4. The van der Waals surface area contributed by atoms with Gasteiger partial charge in [0.05, 0.1) is 18.8 Å². The lowest BCUT2D eigenvalue weighted by atomic mass is 10.0. The van der Waals surface area contributed by atoms with E-state index in [0.717, 1.165) is 11.5 Å². The molecule has 2 atom stereocenters. The van der Waals surface area contributed by atoms with Gasteiger partial charge < -0.3 is 9.47 Å². The average molecular weight is 308 g/mol. The van der Waals surface area contributed by atoms with Crippen LogP contribution in [0.3, 0.4) is 0 Å². The first-order chi connectivity index (χ1) is 9.49.